The number of rotatable bonds is 6. The first-order valence-electron chi connectivity index (χ1n) is 9.72. The van der Waals surface area contributed by atoms with Crippen molar-refractivity contribution >= 4 is 0 Å². The average molecular weight is 408 g/mol. The first-order valence-corrected chi connectivity index (χ1v) is 9.72. The Bertz CT molecular complexity index is 707. The molecule has 0 aliphatic carbocycles. The number of hydrogen-bond acceptors (Lipinski definition) is 8. The Balaban J connectivity index is 1.37. The van der Waals surface area contributed by atoms with Gasteiger partial charge in [0, 0.05) is 20.3 Å². The van der Waals surface area contributed by atoms with Gasteiger partial charge in [0.15, 0.2) is 6.29 Å². The summed E-state index contributed by atoms with van der Waals surface area (Å²) in [7, 11) is 4.82. The molecular formula is C21H28O8. The fourth-order valence-electron chi connectivity index (χ4n) is 3.82. The van der Waals surface area contributed by atoms with E-state index in [2.05, 4.69) is 0 Å². The van der Waals surface area contributed by atoms with Crippen LogP contribution in [0.1, 0.15) is 12.5 Å². The molecule has 0 N–H and O–H groups in total. The summed E-state index contributed by atoms with van der Waals surface area (Å²) in [6.45, 7) is 2.70. The topological polar surface area (TPSA) is 73.8 Å². The maximum absolute atomic E-state index is 6.15. The van der Waals surface area contributed by atoms with Gasteiger partial charge < -0.3 is 37.9 Å². The molecule has 160 valence electrons. The maximum atomic E-state index is 6.15. The molecule has 4 rings (SSSR count). The Hall–Kier alpha value is -1.52. The molecule has 1 aromatic rings. The van der Waals surface area contributed by atoms with Crippen LogP contribution >= 0.6 is 0 Å². The van der Waals surface area contributed by atoms with Gasteiger partial charge >= 0.3 is 5.97 Å². The Morgan fingerprint density at radius 2 is 1.79 bits per heavy atom. The third-order valence-electron chi connectivity index (χ3n) is 5.42. The Labute approximate surface area is 170 Å². The van der Waals surface area contributed by atoms with Crippen LogP contribution in [0.2, 0.25) is 0 Å². The zero-order chi connectivity index (χ0) is 20.4. The van der Waals surface area contributed by atoms with E-state index in [0.717, 1.165) is 11.3 Å². The molecule has 2 fully saturated rings. The first kappa shape index (κ1) is 20.7. The summed E-state index contributed by atoms with van der Waals surface area (Å²) in [5.41, 5.74) is 1.05. The van der Waals surface area contributed by atoms with Crippen LogP contribution in [0.25, 0.3) is 0 Å². The minimum atomic E-state index is -1.26. The van der Waals surface area contributed by atoms with Crippen molar-refractivity contribution in [3.8, 4) is 5.75 Å². The maximum Gasteiger partial charge on any atom is 0.305 e. The molecule has 8 nitrogen and oxygen atoms in total. The largest absolute Gasteiger partial charge is 0.497 e. The molecule has 1 spiro atoms. The Morgan fingerprint density at radius 3 is 2.41 bits per heavy atom. The molecule has 1 aromatic carbocycles. The van der Waals surface area contributed by atoms with E-state index in [1.807, 2.05) is 37.3 Å². The molecule has 0 aromatic heterocycles. The van der Waals surface area contributed by atoms with Gasteiger partial charge in [-0.05, 0) is 30.7 Å². The lowest BCUT2D eigenvalue weighted by molar-refractivity contribution is -0.323. The second-order valence-corrected chi connectivity index (χ2v) is 7.28. The lowest BCUT2D eigenvalue weighted by Gasteiger charge is -2.39. The van der Waals surface area contributed by atoms with Gasteiger partial charge in [-0.3, -0.25) is 0 Å². The molecule has 0 amide bonds. The average Bonchev–Trinajstić information content (AvgIpc) is 3.13. The highest BCUT2D eigenvalue weighted by Gasteiger charge is 2.58. The van der Waals surface area contributed by atoms with Gasteiger partial charge in [0.2, 0.25) is 0 Å². The minimum Gasteiger partial charge on any atom is -0.497 e. The van der Waals surface area contributed by atoms with E-state index in [4.69, 9.17) is 37.9 Å². The van der Waals surface area contributed by atoms with Crippen LogP contribution < -0.4 is 4.74 Å². The van der Waals surface area contributed by atoms with Gasteiger partial charge in [-0.1, -0.05) is 12.1 Å². The van der Waals surface area contributed by atoms with Crippen LogP contribution in [0.3, 0.4) is 0 Å². The summed E-state index contributed by atoms with van der Waals surface area (Å²) < 4.78 is 46.1. The molecule has 7 atom stereocenters. The SMILES string of the molecule is COc1ccc(CO[C@H]2C=C[C@]3(OC2)O[C@@H]2[C@@H](OC)[C@@H](OC)O[C@H](C)[C@H]2O3)cc1. The van der Waals surface area contributed by atoms with E-state index >= 15 is 0 Å². The standard InChI is InChI=1S/C21H28O8/c1-13-17-18(19(23-3)20(24-4)27-13)29-21(28-17)10-9-16(12-26-21)25-11-14-5-7-15(22-2)8-6-14/h5-10,13,16-20H,11-12H2,1-4H3/t13-,16+,17-,18+,19-,20+,21-/m1/s1. The fourth-order valence-corrected chi connectivity index (χ4v) is 3.82. The summed E-state index contributed by atoms with van der Waals surface area (Å²) in [4.78, 5) is 0. The molecule has 8 heteroatoms. The Kier molecular flexibility index (Phi) is 6.21. The first-order chi connectivity index (χ1) is 14.1. The number of benzene rings is 1. The molecule has 2 saturated heterocycles. The normalized spacial score (nSPS) is 38.9. The van der Waals surface area contributed by atoms with Crippen molar-refractivity contribution < 1.29 is 37.9 Å². The van der Waals surface area contributed by atoms with Crippen LogP contribution in [0, 0.1) is 0 Å². The lowest BCUT2D eigenvalue weighted by atomic mass is 10.00. The highest BCUT2D eigenvalue weighted by atomic mass is 16.9. The molecule has 3 aliphatic heterocycles. The molecule has 0 radical (unpaired) electrons. The summed E-state index contributed by atoms with van der Waals surface area (Å²) >= 11 is 0. The van der Waals surface area contributed by atoms with Crippen LogP contribution in [0.4, 0.5) is 0 Å². The number of hydrogen-bond donors (Lipinski definition) is 0. The van der Waals surface area contributed by atoms with Crippen molar-refractivity contribution in [1.29, 1.82) is 0 Å². The predicted octanol–water partition coefficient (Wildman–Crippen LogP) is 2.01. The van der Waals surface area contributed by atoms with Gasteiger partial charge in [-0.2, -0.15) is 0 Å². The number of methoxy groups -OCH3 is 3. The lowest BCUT2D eigenvalue weighted by Crippen LogP contribution is -2.56. The smallest absolute Gasteiger partial charge is 0.305 e. The van der Waals surface area contributed by atoms with Gasteiger partial charge in [-0.25, -0.2) is 0 Å². The third kappa shape index (κ3) is 4.20. The van der Waals surface area contributed by atoms with E-state index in [1.54, 1.807) is 27.4 Å². The van der Waals surface area contributed by atoms with Crippen molar-refractivity contribution in [2.45, 2.75) is 56.3 Å². The van der Waals surface area contributed by atoms with Crippen LogP contribution in [-0.2, 0) is 39.8 Å². The fraction of sp³-hybridized carbons (Fsp3) is 0.619. The van der Waals surface area contributed by atoms with Gasteiger partial charge in [0.25, 0.3) is 0 Å². The van der Waals surface area contributed by atoms with Crippen molar-refractivity contribution in [2.75, 3.05) is 27.9 Å². The molecule has 3 aliphatic rings. The summed E-state index contributed by atoms with van der Waals surface area (Å²) in [5.74, 6) is -0.441. The molecule has 3 heterocycles. The second-order valence-electron chi connectivity index (χ2n) is 7.28. The quantitative estimate of drug-likeness (QED) is 0.662. The minimum absolute atomic E-state index is 0.198. The van der Waals surface area contributed by atoms with E-state index in [0.29, 0.717) is 13.2 Å². The van der Waals surface area contributed by atoms with Crippen molar-refractivity contribution in [1.82, 2.24) is 0 Å². The van der Waals surface area contributed by atoms with Gasteiger partial charge in [0.05, 0.1) is 32.5 Å². The van der Waals surface area contributed by atoms with E-state index in [9.17, 15) is 0 Å². The van der Waals surface area contributed by atoms with E-state index in [-0.39, 0.29) is 24.4 Å². The third-order valence-corrected chi connectivity index (χ3v) is 5.42. The van der Waals surface area contributed by atoms with E-state index in [1.165, 1.54) is 0 Å². The zero-order valence-electron chi connectivity index (χ0n) is 17.1. The number of fused-ring (bicyclic) bond motifs is 1. The summed E-state index contributed by atoms with van der Waals surface area (Å²) in [6, 6.07) is 7.76. The second kappa shape index (κ2) is 8.69. The molecule has 29 heavy (non-hydrogen) atoms. The predicted molar refractivity (Wildman–Crippen MR) is 101 cm³/mol. The zero-order valence-corrected chi connectivity index (χ0v) is 17.1. The van der Waals surface area contributed by atoms with Crippen molar-refractivity contribution in [2.24, 2.45) is 0 Å². The molecular weight excluding hydrogens is 380 g/mol. The number of ether oxygens (including phenoxy) is 8. The van der Waals surface area contributed by atoms with Gasteiger partial charge in [0.1, 0.15) is 24.1 Å². The Morgan fingerprint density at radius 1 is 1.03 bits per heavy atom. The van der Waals surface area contributed by atoms with Crippen LogP contribution in [0.5, 0.6) is 5.75 Å². The molecule has 0 bridgehead atoms. The summed E-state index contributed by atoms with van der Waals surface area (Å²) in [6.07, 6.45) is 1.61. The van der Waals surface area contributed by atoms with E-state index < -0.39 is 18.4 Å². The van der Waals surface area contributed by atoms with Crippen LogP contribution in [-0.4, -0.2) is 70.7 Å². The van der Waals surface area contributed by atoms with Crippen molar-refractivity contribution in [3.63, 3.8) is 0 Å². The van der Waals surface area contributed by atoms with Gasteiger partial charge in [-0.15, -0.1) is 0 Å². The highest BCUT2D eigenvalue weighted by molar-refractivity contribution is 5.26. The summed E-state index contributed by atoms with van der Waals surface area (Å²) in [5, 5.41) is 0. The monoisotopic (exact) mass is 408 g/mol. The molecule has 0 saturated carbocycles. The van der Waals surface area contributed by atoms with Crippen molar-refractivity contribution in [3.05, 3.63) is 42.0 Å². The highest BCUT2D eigenvalue weighted by Crippen LogP contribution is 2.41. The molecule has 0 unspecified atom stereocenters. The van der Waals surface area contributed by atoms with Crippen LogP contribution in [0.15, 0.2) is 36.4 Å².